The molecule has 3 nitrogen and oxygen atoms in total. The fourth-order valence-electron chi connectivity index (χ4n) is 0.922. The Kier molecular flexibility index (Phi) is 1.85. The highest BCUT2D eigenvalue weighted by atomic mass is 16.5. The van der Waals surface area contributed by atoms with Crippen LogP contribution in [0.3, 0.4) is 0 Å². The van der Waals surface area contributed by atoms with E-state index in [1.165, 1.54) is 0 Å². The standard InChI is InChI=1S/C7H9NO2/c1-5-6(3-4-10-5)7(9)8-2/h2-4H2,1H3. The molecule has 0 aromatic carbocycles. The Bertz CT molecular complexity index is 206. The number of hydrogen-bond donors (Lipinski definition) is 0. The lowest BCUT2D eigenvalue weighted by molar-refractivity contribution is -0.114. The Hall–Kier alpha value is -1.12. The van der Waals surface area contributed by atoms with E-state index in [1.54, 1.807) is 6.92 Å². The molecule has 0 N–H and O–H groups in total. The normalized spacial score (nSPS) is 16.9. The first-order valence-corrected chi connectivity index (χ1v) is 3.09. The number of amides is 1. The Morgan fingerprint density at radius 2 is 2.50 bits per heavy atom. The van der Waals surface area contributed by atoms with Crippen molar-refractivity contribution in [3.05, 3.63) is 11.3 Å². The average molecular weight is 139 g/mol. The van der Waals surface area contributed by atoms with Gasteiger partial charge in [0.15, 0.2) is 0 Å². The molecule has 3 heteroatoms. The molecule has 0 unspecified atom stereocenters. The van der Waals surface area contributed by atoms with Gasteiger partial charge in [0.25, 0.3) is 5.91 Å². The van der Waals surface area contributed by atoms with Gasteiger partial charge in [-0.3, -0.25) is 4.79 Å². The molecular formula is C7H9NO2. The largest absolute Gasteiger partial charge is 0.497 e. The third-order valence-corrected chi connectivity index (χ3v) is 1.50. The van der Waals surface area contributed by atoms with Gasteiger partial charge in [-0.15, -0.1) is 0 Å². The van der Waals surface area contributed by atoms with Crippen molar-refractivity contribution in [1.29, 1.82) is 0 Å². The van der Waals surface area contributed by atoms with Crippen LogP contribution in [0, 0.1) is 0 Å². The number of carbonyl (C=O) groups is 1. The average Bonchev–Trinajstić information content (AvgIpc) is 2.34. The molecule has 1 heterocycles. The van der Waals surface area contributed by atoms with E-state index < -0.39 is 0 Å². The minimum Gasteiger partial charge on any atom is -0.497 e. The number of carbonyl (C=O) groups excluding carboxylic acids is 1. The zero-order valence-corrected chi connectivity index (χ0v) is 5.89. The smallest absolute Gasteiger partial charge is 0.275 e. The van der Waals surface area contributed by atoms with Crippen LogP contribution < -0.4 is 0 Å². The van der Waals surface area contributed by atoms with E-state index in [2.05, 4.69) is 11.7 Å². The lowest BCUT2D eigenvalue weighted by Gasteiger charge is -1.93. The summed E-state index contributed by atoms with van der Waals surface area (Å²) >= 11 is 0. The van der Waals surface area contributed by atoms with Gasteiger partial charge in [-0.1, -0.05) is 0 Å². The van der Waals surface area contributed by atoms with Crippen LogP contribution in [0.25, 0.3) is 0 Å². The van der Waals surface area contributed by atoms with E-state index >= 15 is 0 Å². The zero-order valence-electron chi connectivity index (χ0n) is 5.89. The van der Waals surface area contributed by atoms with Crippen LogP contribution in [0.1, 0.15) is 13.3 Å². The molecular weight excluding hydrogens is 130 g/mol. The summed E-state index contributed by atoms with van der Waals surface area (Å²) in [7, 11) is 0. The van der Waals surface area contributed by atoms with E-state index in [0.717, 1.165) is 0 Å². The van der Waals surface area contributed by atoms with Gasteiger partial charge in [-0.25, -0.2) is 4.99 Å². The van der Waals surface area contributed by atoms with Crippen LogP contribution >= 0.6 is 0 Å². The van der Waals surface area contributed by atoms with Gasteiger partial charge < -0.3 is 4.74 Å². The molecule has 0 saturated carbocycles. The predicted octanol–water partition coefficient (Wildman–Crippen LogP) is 0.908. The van der Waals surface area contributed by atoms with Crippen molar-refractivity contribution < 1.29 is 9.53 Å². The van der Waals surface area contributed by atoms with Crippen LogP contribution in [0.4, 0.5) is 0 Å². The van der Waals surface area contributed by atoms with Crippen molar-refractivity contribution >= 4 is 12.6 Å². The van der Waals surface area contributed by atoms with E-state index in [1.807, 2.05) is 0 Å². The molecule has 0 fully saturated rings. The fraction of sp³-hybridized carbons (Fsp3) is 0.429. The van der Waals surface area contributed by atoms with Gasteiger partial charge in [0, 0.05) is 6.42 Å². The summed E-state index contributed by atoms with van der Waals surface area (Å²) in [6.07, 6.45) is 0.670. The van der Waals surface area contributed by atoms with Gasteiger partial charge in [0.1, 0.15) is 5.76 Å². The highest BCUT2D eigenvalue weighted by Crippen LogP contribution is 2.18. The summed E-state index contributed by atoms with van der Waals surface area (Å²) in [6.45, 7) is 5.52. The molecule has 0 aliphatic carbocycles. The minimum atomic E-state index is -0.255. The third-order valence-electron chi connectivity index (χ3n) is 1.50. The predicted molar refractivity (Wildman–Crippen MR) is 37.8 cm³/mol. The summed E-state index contributed by atoms with van der Waals surface area (Å²) in [4.78, 5) is 14.2. The molecule has 1 amide bonds. The van der Waals surface area contributed by atoms with Crippen molar-refractivity contribution in [2.24, 2.45) is 4.99 Å². The van der Waals surface area contributed by atoms with E-state index in [0.29, 0.717) is 24.4 Å². The number of rotatable bonds is 1. The molecule has 0 aromatic rings. The second-order valence-corrected chi connectivity index (χ2v) is 2.10. The maximum Gasteiger partial charge on any atom is 0.275 e. The molecule has 0 radical (unpaired) electrons. The first-order chi connectivity index (χ1) is 4.75. The maximum absolute atomic E-state index is 10.9. The number of ether oxygens (including phenoxy) is 1. The third kappa shape index (κ3) is 1.07. The Labute approximate surface area is 59.4 Å². The molecule has 10 heavy (non-hydrogen) atoms. The summed E-state index contributed by atoms with van der Waals surface area (Å²) in [5.41, 5.74) is 0.662. The van der Waals surface area contributed by atoms with E-state index in [9.17, 15) is 4.79 Å². The minimum absolute atomic E-state index is 0.255. The quantitative estimate of drug-likeness (QED) is 0.506. The summed E-state index contributed by atoms with van der Waals surface area (Å²) in [6, 6.07) is 0. The highest BCUT2D eigenvalue weighted by molar-refractivity contribution is 5.96. The summed E-state index contributed by atoms with van der Waals surface area (Å²) in [5.74, 6) is 0.437. The topological polar surface area (TPSA) is 38.7 Å². The van der Waals surface area contributed by atoms with E-state index in [4.69, 9.17) is 4.74 Å². The Morgan fingerprint density at radius 1 is 1.80 bits per heavy atom. The molecule has 0 bridgehead atoms. The van der Waals surface area contributed by atoms with Gasteiger partial charge in [0.2, 0.25) is 0 Å². The van der Waals surface area contributed by atoms with Crippen LogP contribution in [0.15, 0.2) is 16.3 Å². The summed E-state index contributed by atoms with van der Waals surface area (Å²) < 4.78 is 5.06. The first-order valence-electron chi connectivity index (χ1n) is 3.09. The second-order valence-electron chi connectivity index (χ2n) is 2.10. The Balaban J connectivity index is 2.80. The number of aliphatic imine (C=N–C) groups is 1. The van der Waals surface area contributed by atoms with Crippen LogP contribution in [0.5, 0.6) is 0 Å². The molecule has 1 aliphatic rings. The van der Waals surface area contributed by atoms with Crippen LogP contribution in [-0.2, 0) is 9.53 Å². The molecule has 0 aromatic heterocycles. The zero-order chi connectivity index (χ0) is 7.56. The first kappa shape index (κ1) is 6.99. The van der Waals surface area contributed by atoms with Crippen molar-refractivity contribution in [3.63, 3.8) is 0 Å². The number of hydrogen-bond acceptors (Lipinski definition) is 2. The van der Waals surface area contributed by atoms with Gasteiger partial charge >= 0.3 is 0 Å². The maximum atomic E-state index is 10.9. The summed E-state index contributed by atoms with van der Waals surface area (Å²) in [5, 5.41) is 0. The molecule has 1 aliphatic heterocycles. The molecule has 0 saturated heterocycles. The Morgan fingerprint density at radius 3 is 2.90 bits per heavy atom. The molecule has 54 valence electrons. The SMILES string of the molecule is C=NC(=O)C1=C(C)OCC1. The highest BCUT2D eigenvalue weighted by Gasteiger charge is 2.17. The lowest BCUT2D eigenvalue weighted by Crippen LogP contribution is -1.96. The molecule has 0 spiro atoms. The molecule has 1 rings (SSSR count). The van der Waals surface area contributed by atoms with Crippen LogP contribution in [-0.4, -0.2) is 19.2 Å². The number of allylic oxidation sites excluding steroid dienone is 1. The second kappa shape index (κ2) is 2.64. The lowest BCUT2D eigenvalue weighted by atomic mass is 10.2. The monoisotopic (exact) mass is 139 g/mol. The molecule has 0 atom stereocenters. The van der Waals surface area contributed by atoms with Crippen molar-refractivity contribution in [1.82, 2.24) is 0 Å². The fourth-order valence-corrected chi connectivity index (χ4v) is 0.922. The number of nitrogens with zero attached hydrogens (tertiary/aromatic N) is 1. The van der Waals surface area contributed by atoms with Crippen molar-refractivity contribution in [2.45, 2.75) is 13.3 Å². The van der Waals surface area contributed by atoms with Crippen molar-refractivity contribution in [2.75, 3.05) is 6.61 Å². The van der Waals surface area contributed by atoms with Crippen LogP contribution in [0.2, 0.25) is 0 Å². The van der Waals surface area contributed by atoms with E-state index in [-0.39, 0.29) is 5.91 Å². The van der Waals surface area contributed by atoms with Gasteiger partial charge in [-0.2, -0.15) is 0 Å². The van der Waals surface area contributed by atoms with Gasteiger partial charge in [0.05, 0.1) is 12.2 Å². The van der Waals surface area contributed by atoms with Crippen molar-refractivity contribution in [3.8, 4) is 0 Å². The van der Waals surface area contributed by atoms with Gasteiger partial charge in [-0.05, 0) is 13.6 Å².